The minimum atomic E-state index is -3.03. The third-order valence-electron chi connectivity index (χ3n) is 4.89. The molecule has 6 heteroatoms. The van der Waals surface area contributed by atoms with Crippen LogP contribution in [0, 0.1) is 11.8 Å². The van der Waals surface area contributed by atoms with Crippen LogP contribution in [0.15, 0.2) is 24.3 Å². The number of hydrogen-bond acceptors (Lipinski definition) is 4. The molecule has 0 unspecified atom stereocenters. The summed E-state index contributed by atoms with van der Waals surface area (Å²) in [5.41, 5.74) is 1.91. The number of nitrogens with one attached hydrogen (secondary N) is 1. The van der Waals surface area contributed by atoms with E-state index >= 15 is 0 Å². The summed E-state index contributed by atoms with van der Waals surface area (Å²) in [5.74, 6) is 0.293. The Kier molecular flexibility index (Phi) is 4.62. The highest BCUT2D eigenvalue weighted by molar-refractivity contribution is 7.91. The Morgan fingerprint density at radius 1 is 1.13 bits per heavy atom. The number of amides is 1. The van der Waals surface area contributed by atoms with Gasteiger partial charge in [0.05, 0.1) is 17.4 Å². The largest absolute Gasteiger partial charge is 0.372 e. The number of piperidine rings is 1. The van der Waals surface area contributed by atoms with Gasteiger partial charge in [0.2, 0.25) is 5.91 Å². The highest BCUT2D eigenvalue weighted by atomic mass is 32.2. The van der Waals surface area contributed by atoms with E-state index in [1.165, 1.54) is 18.5 Å². The average Bonchev–Trinajstić information content (AvgIpc) is 2.89. The smallest absolute Gasteiger partial charge is 0.228 e. The summed E-state index contributed by atoms with van der Waals surface area (Å²) in [6.45, 7) is 4.44. The lowest BCUT2D eigenvalue weighted by Gasteiger charge is -2.32. The number of benzene rings is 1. The van der Waals surface area contributed by atoms with E-state index in [1.54, 1.807) is 0 Å². The number of carbonyl (C=O) groups excluding carboxylic acids is 1. The molecule has 3 rings (SSSR count). The lowest BCUT2D eigenvalue weighted by Crippen LogP contribution is -2.32. The van der Waals surface area contributed by atoms with Crippen LogP contribution in [0.2, 0.25) is 0 Å². The molecule has 1 atom stereocenters. The normalized spacial score (nSPS) is 24.6. The molecule has 0 radical (unpaired) electrons. The van der Waals surface area contributed by atoms with Gasteiger partial charge in [-0.3, -0.25) is 4.79 Å². The first-order valence-corrected chi connectivity index (χ1v) is 10.1. The second-order valence-electron chi connectivity index (χ2n) is 6.81. The van der Waals surface area contributed by atoms with Gasteiger partial charge in [0.15, 0.2) is 9.84 Å². The number of sulfone groups is 1. The lowest BCUT2D eigenvalue weighted by atomic mass is 9.99. The Balaban J connectivity index is 1.58. The maximum atomic E-state index is 12.1. The second kappa shape index (κ2) is 6.51. The Hall–Kier alpha value is -1.56. The molecular formula is C17H24N2O3S. The molecule has 0 bridgehead atoms. The van der Waals surface area contributed by atoms with Crippen molar-refractivity contribution >= 4 is 27.1 Å². The number of rotatable bonds is 3. The maximum absolute atomic E-state index is 12.1. The minimum Gasteiger partial charge on any atom is -0.372 e. The number of anilines is 2. The van der Waals surface area contributed by atoms with Crippen molar-refractivity contribution in [3.05, 3.63) is 24.3 Å². The van der Waals surface area contributed by atoms with Gasteiger partial charge in [-0.15, -0.1) is 0 Å². The zero-order chi connectivity index (χ0) is 16.4. The average molecular weight is 336 g/mol. The van der Waals surface area contributed by atoms with Crippen LogP contribution in [0.25, 0.3) is 0 Å². The Bertz CT molecular complexity index is 662. The van der Waals surface area contributed by atoms with Crippen molar-refractivity contribution in [3.8, 4) is 0 Å². The third kappa shape index (κ3) is 4.05. The molecule has 2 aliphatic heterocycles. The first kappa shape index (κ1) is 16.3. The van der Waals surface area contributed by atoms with Crippen LogP contribution in [-0.4, -0.2) is 38.9 Å². The fourth-order valence-corrected chi connectivity index (χ4v) is 5.01. The fourth-order valence-electron chi connectivity index (χ4n) is 3.27. The second-order valence-corrected chi connectivity index (χ2v) is 9.03. The highest BCUT2D eigenvalue weighted by Gasteiger charge is 2.32. The van der Waals surface area contributed by atoms with E-state index in [0.29, 0.717) is 6.42 Å². The summed E-state index contributed by atoms with van der Waals surface area (Å²) in [6, 6.07) is 7.84. The van der Waals surface area contributed by atoms with E-state index in [-0.39, 0.29) is 17.4 Å². The molecule has 1 amide bonds. The molecule has 1 aromatic rings. The Morgan fingerprint density at radius 2 is 1.78 bits per heavy atom. The van der Waals surface area contributed by atoms with Gasteiger partial charge in [-0.05, 0) is 49.4 Å². The Morgan fingerprint density at radius 3 is 2.35 bits per heavy atom. The summed E-state index contributed by atoms with van der Waals surface area (Å²) in [6.07, 6.45) is 2.86. The molecule has 1 aromatic carbocycles. The van der Waals surface area contributed by atoms with Crippen molar-refractivity contribution in [2.24, 2.45) is 11.8 Å². The summed E-state index contributed by atoms with van der Waals surface area (Å²) >= 11 is 0. The molecule has 2 aliphatic rings. The van der Waals surface area contributed by atoms with Gasteiger partial charge in [-0.25, -0.2) is 8.42 Å². The number of hydrogen-bond donors (Lipinski definition) is 1. The first-order chi connectivity index (χ1) is 10.9. The van der Waals surface area contributed by atoms with Crippen LogP contribution < -0.4 is 10.2 Å². The van der Waals surface area contributed by atoms with Crippen molar-refractivity contribution in [1.82, 2.24) is 0 Å². The maximum Gasteiger partial charge on any atom is 0.228 e. The molecule has 126 valence electrons. The minimum absolute atomic E-state index is 0.0249. The van der Waals surface area contributed by atoms with E-state index in [4.69, 9.17) is 0 Å². The van der Waals surface area contributed by atoms with Crippen LogP contribution in [0.4, 0.5) is 11.4 Å². The quantitative estimate of drug-likeness (QED) is 0.920. The number of nitrogens with zero attached hydrogens (tertiary/aromatic N) is 1. The van der Waals surface area contributed by atoms with Crippen molar-refractivity contribution < 1.29 is 13.2 Å². The molecule has 1 N–H and O–H groups in total. The molecule has 5 nitrogen and oxygen atoms in total. The summed E-state index contributed by atoms with van der Waals surface area (Å²) < 4.78 is 22.9. The zero-order valence-corrected chi connectivity index (χ0v) is 14.3. The van der Waals surface area contributed by atoms with Crippen LogP contribution in [-0.2, 0) is 14.6 Å². The molecule has 2 fully saturated rings. The van der Waals surface area contributed by atoms with Crippen LogP contribution in [0.3, 0.4) is 0 Å². The summed E-state index contributed by atoms with van der Waals surface area (Å²) in [7, 11) is -3.03. The monoisotopic (exact) mass is 336 g/mol. The molecule has 0 aromatic heterocycles. The van der Waals surface area contributed by atoms with E-state index in [2.05, 4.69) is 17.1 Å². The van der Waals surface area contributed by atoms with E-state index < -0.39 is 15.8 Å². The molecule has 2 heterocycles. The van der Waals surface area contributed by atoms with Crippen molar-refractivity contribution in [3.63, 3.8) is 0 Å². The van der Waals surface area contributed by atoms with Gasteiger partial charge < -0.3 is 10.2 Å². The molecule has 0 spiro atoms. The molecule has 23 heavy (non-hydrogen) atoms. The molecule has 0 aliphatic carbocycles. The lowest BCUT2D eigenvalue weighted by molar-refractivity contribution is -0.119. The predicted octanol–water partition coefficient (Wildman–Crippen LogP) is 2.30. The SMILES string of the molecule is CC1CCN(c2ccc(NC(=O)[C@H]3CCS(=O)(=O)C3)cc2)CC1. The van der Waals surface area contributed by atoms with Crippen molar-refractivity contribution in [2.75, 3.05) is 34.8 Å². The first-order valence-electron chi connectivity index (χ1n) is 8.29. The van der Waals surface area contributed by atoms with Gasteiger partial charge in [-0.2, -0.15) is 0 Å². The van der Waals surface area contributed by atoms with Crippen LogP contribution >= 0.6 is 0 Å². The van der Waals surface area contributed by atoms with E-state index in [0.717, 1.165) is 24.7 Å². The molecular weight excluding hydrogens is 312 g/mol. The van der Waals surface area contributed by atoms with Crippen LogP contribution in [0.5, 0.6) is 0 Å². The van der Waals surface area contributed by atoms with E-state index in [9.17, 15) is 13.2 Å². The highest BCUT2D eigenvalue weighted by Crippen LogP contribution is 2.25. The van der Waals surface area contributed by atoms with Crippen molar-refractivity contribution in [1.29, 1.82) is 0 Å². The van der Waals surface area contributed by atoms with Gasteiger partial charge in [0, 0.05) is 24.5 Å². The van der Waals surface area contributed by atoms with Crippen LogP contribution in [0.1, 0.15) is 26.2 Å². The third-order valence-corrected chi connectivity index (χ3v) is 6.65. The fraction of sp³-hybridized carbons (Fsp3) is 0.588. The summed E-state index contributed by atoms with van der Waals surface area (Å²) in [5, 5.41) is 2.84. The Labute approximate surface area is 138 Å². The number of carbonyl (C=O) groups is 1. The zero-order valence-electron chi connectivity index (χ0n) is 13.5. The van der Waals surface area contributed by atoms with Gasteiger partial charge in [-0.1, -0.05) is 6.92 Å². The topological polar surface area (TPSA) is 66.5 Å². The van der Waals surface area contributed by atoms with Gasteiger partial charge >= 0.3 is 0 Å². The van der Waals surface area contributed by atoms with Gasteiger partial charge in [0.1, 0.15) is 0 Å². The molecule has 2 saturated heterocycles. The predicted molar refractivity (Wildman–Crippen MR) is 92.4 cm³/mol. The molecule has 0 saturated carbocycles. The van der Waals surface area contributed by atoms with Gasteiger partial charge in [0.25, 0.3) is 0 Å². The van der Waals surface area contributed by atoms with Crippen molar-refractivity contribution in [2.45, 2.75) is 26.2 Å². The summed E-state index contributed by atoms with van der Waals surface area (Å²) in [4.78, 5) is 14.5. The standard InChI is InChI=1S/C17H24N2O3S/c1-13-6-9-19(10-7-13)16-4-2-15(3-5-16)18-17(20)14-8-11-23(21,22)12-14/h2-5,13-14H,6-12H2,1H3,(H,18,20)/t14-/m0/s1. The van der Waals surface area contributed by atoms with E-state index in [1.807, 2.05) is 24.3 Å².